The number of aromatic nitrogens is 3. The Bertz CT molecular complexity index is 1090. The minimum atomic E-state index is 0.244. The highest BCUT2D eigenvalue weighted by Gasteiger charge is 2.05. The molecule has 33 heavy (non-hydrogen) atoms. The Morgan fingerprint density at radius 2 is 1.33 bits per heavy atom. The number of benzene rings is 2. The van der Waals surface area contributed by atoms with Crippen LogP contribution in [0, 0.1) is 6.92 Å². The summed E-state index contributed by atoms with van der Waals surface area (Å²) in [6.07, 6.45) is 5.21. The lowest BCUT2D eigenvalue weighted by Crippen LogP contribution is -2.06. The molecule has 0 radical (unpaired) electrons. The zero-order valence-corrected chi connectivity index (χ0v) is 19.2. The Morgan fingerprint density at radius 1 is 0.788 bits per heavy atom. The van der Waals surface area contributed by atoms with Crippen LogP contribution in [0.1, 0.15) is 43.5 Å². The van der Waals surface area contributed by atoms with Crippen molar-refractivity contribution in [2.24, 2.45) is 10.2 Å². The van der Waals surface area contributed by atoms with Crippen LogP contribution in [0.5, 0.6) is 11.5 Å². The Morgan fingerprint density at radius 3 is 1.91 bits per heavy atom. The zero-order chi connectivity index (χ0) is 23.3. The van der Waals surface area contributed by atoms with Crippen molar-refractivity contribution in [3.63, 3.8) is 0 Å². The van der Waals surface area contributed by atoms with E-state index in [2.05, 4.69) is 50.1 Å². The van der Waals surface area contributed by atoms with Crippen LogP contribution in [0.4, 0.5) is 11.8 Å². The number of anilines is 2. The molecule has 0 atom stereocenters. The molecule has 0 amide bonds. The number of nitrogens with one attached hydrogen (secondary N) is 2. The van der Waals surface area contributed by atoms with Gasteiger partial charge in [0.15, 0.2) is 5.82 Å². The van der Waals surface area contributed by atoms with Gasteiger partial charge in [-0.25, -0.2) is 5.43 Å². The van der Waals surface area contributed by atoms with Crippen LogP contribution >= 0.6 is 0 Å². The van der Waals surface area contributed by atoms with Gasteiger partial charge in [0.25, 0.3) is 5.95 Å². The van der Waals surface area contributed by atoms with Crippen LogP contribution in [0.3, 0.4) is 0 Å². The van der Waals surface area contributed by atoms with Gasteiger partial charge in [-0.15, -0.1) is 10.2 Å². The van der Waals surface area contributed by atoms with E-state index in [9.17, 15) is 0 Å². The number of aryl methyl sites for hydroxylation is 1. The number of hydrazone groups is 2. The summed E-state index contributed by atoms with van der Waals surface area (Å²) in [5.41, 5.74) is 8.04. The summed E-state index contributed by atoms with van der Waals surface area (Å²) in [6, 6.07) is 15.4. The van der Waals surface area contributed by atoms with Crippen molar-refractivity contribution in [1.82, 2.24) is 15.2 Å². The second-order valence-electron chi connectivity index (χ2n) is 7.08. The minimum Gasteiger partial charge on any atom is -0.493 e. The maximum Gasteiger partial charge on any atom is 0.265 e. The third-order valence-electron chi connectivity index (χ3n) is 4.36. The lowest BCUT2D eigenvalue weighted by molar-refractivity contribution is 0.317. The van der Waals surface area contributed by atoms with Crippen LogP contribution in [0.25, 0.3) is 0 Å². The van der Waals surface area contributed by atoms with Crippen molar-refractivity contribution < 1.29 is 9.47 Å². The molecule has 0 saturated heterocycles. The molecule has 1 aromatic heterocycles. The highest BCUT2D eigenvalue weighted by Crippen LogP contribution is 2.17. The van der Waals surface area contributed by atoms with Gasteiger partial charge in [0.1, 0.15) is 17.2 Å². The first-order valence-corrected chi connectivity index (χ1v) is 10.9. The molecule has 9 nitrogen and oxygen atoms in total. The summed E-state index contributed by atoms with van der Waals surface area (Å²) in [4.78, 5) is 4.39. The van der Waals surface area contributed by atoms with E-state index < -0.39 is 0 Å². The first-order valence-electron chi connectivity index (χ1n) is 10.9. The average Bonchev–Trinajstić information content (AvgIpc) is 2.84. The monoisotopic (exact) mass is 447 g/mol. The highest BCUT2D eigenvalue weighted by atomic mass is 16.5. The summed E-state index contributed by atoms with van der Waals surface area (Å²) in [6.45, 7) is 7.23. The zero-order valence-electron chi connectivity index (χ0n) is 19.2. The standard InChI is InChI=1S/C24H29N7O2/c1-4-14-32-21-12-8-6-10-19(21)16-25-29-23-18(3)28-31-24(27-23)30-26-17-20-11-7-9-13-22(20)33-15-5-2/h6-13,16-17H,4-5,14-15H2,1-3H3,(H2,27,29,30,31)/b25-16-,26-17-. The van der Waals surface area contributed by atoms with Crippen LogP contribution in [0.15, 0.2) is 58.7 Å². The van der Waals surface area contributed by atoms with Gasteiger partial charge in [0.05, 0.1) is 25.6 Å². The lowest BCUT2D eigenvalue weighted by Gasteiger charge is -2.08. The maximum absolute atomic E-state index is 5.75. The molecule has 0 aliphatic carbocycles. The van der Waals surface area contributed by atoms with Crippen LogP contribution < -0.4 is 20.3 Å². The molecular formula is C24H29N7O2. The number of para-hydroxylation sites is 2. The molecule has 1 heterocycles. The normalized spacial score (nSPS) is 11.1. The van der Waals surface area contributed by atoms with E-state index in [0.29, 0.717) is 24.7 Å². The fraction of sp³-hybridized carbons (Fsp3) is 0.292. The Labute approximate surface area is 194 Å². The fourth-order valence-corrected chi connectivity index (χ4v) is 2.72. The molecule has 0 saturated carbocycles. The molecular weight excluding hydrogens is 418 g/mol. The van der Waals surface area contributed by atoms with Gasteiger partial charge < -0.3 is 9.47 Å². The lowest BCUT2D eigenvalue weighted by atomic mass is 10.2. The van der Waals surface area contributed by atoms with Crippen molar-refractivity contribution in [1.29, 1.82) is 0 Å². The van der Waals surface area contributed by atoms with Gasteiger partial charge in [-0.2, -0.15) is 15.2 Å². The van der Waals surface area contributed by atoms with Crippen LogP contribution in [-0.2, 0) is 0 Å². The van der Waals surface area contributed by atoms with E-state index in [1.54, 1.807) is 19.4 Å². The number of hydrogen-bond donors (Lipinski definition) is 2. The summed E-state index contributed by atoms with van der Waals surface area (Å²) < 4.78 is 11.5. The molecule has 0 fully saturated rings. The van der Waals surface area contributed by atoms with Gasteiger partial charge in [0, 0.05) is 11.1 Å². The molecule has 2 N–H and O–H groups in total. The van der Waals surface area contributed by atoms with Crippen molar-refractivity contribution in [3.8, 4) is 11.5 Å². The molecule has 3 rings (SSSR count). The van der Waals surface area contributed by atoms with Crippen molar-refractivity contribution >= 4 is 24.2 Å². The molecule has 0 aliphatic heterocycles. The predicted molar refractivity (Wildman–Crippen MR) is 131 cm³/mol. The van der Waals surface area contributed by atoms with E-state index in [0.717, 1.165) is 35.5 Å². The molecule has 0 bridgehead atoms. The van der Waals surface area contributed by atoms with Gasteiger partial charge in [-0.1, -0.05) is 38.1 Å². The first-order chi connectivity index (χ1) is 16.2. The van der Waals surface area contributed by atoms with E-state index in [1.165, 1.54) is 0 Å². The second kappa shape index (κ2) is 12.7. The Kier molecular flexibility index (Phi) is 9.14. The number of rotatable bonds is 12. The summed E-state index contributed by atoms with van der Waals surface area (Å²) in [5.74, 6) is 2.26. The van der Waals surface area contributed by atoms with Crippen LogP contribution in [-0.4, -0.2) is 40.8 Å². The SMILES string of the molecule is CCCOc1ccccc1/C=N\Nc1nnc(C)c(N/N=C\c2ccccc2OCCC)n1. The van der Waals surface area contributed by atoms with E-state index >= 15 is 0 Å². The average molecular weight is 448 g/mol. The molecule has 172 valence electrons. The number of ether oxygens (including phenoxy) is 2. The minimum absolute atomic E-state index is 0.244. The van der Waals surface area contributed by atoms with Gasteiger partial charge in [-0.05, 0) is 44.0 Å². The van der Waals surface area contributed by atoms with Gasteiger partial charge >= 0.3 is 0 Å². The summed E-state index contributed by atoms with van der Waals surface area (Å²) in [7, 11) is 0. The molecule has 0 aliphatic rings. The molecule has 0 unspecified atom stereocenters. The quantitative estimate of drug-likeness (QED) is 0.307. The maximum atomic E-state index is 5.75. The first kappa shape index (κ1) is 23.6. The third kappa shape index (κ3) is 7.27. The van der Waals surface area contributed by atoms with Gasteiger partial charge in [-0.3, -0.25) is 5.43 Å². The fourth-order valence-electron chi connectivity index (χ4n) is 2.72. The molecule has 3 aromatic rings. The smallest absolute Gasteiger partial charge is 0.265 e. The van der Waals surface area contributed by atoms with E-state index in [4.69, 9.17) is 9.47 Å². The molecule has 9 heteroatoms. The van der Waals surface area contributed by atoms with Crippen molar-refractivity contribution in [3.05, 3.63) is 65.4 Å². The van der Waals surface area contributed by atoms with Crippen LogP contribution in [0.2, 0.25) is 0 Å². The molecule has 0 spiro atoms. The highest BCUT2D eigenvalue weighted by molar-refractivity contribution is 5.84. The topological polar surface area (TPSA) is 106 Å². The second-order valence-corrected chi connectivity index (χ2v) is 7.08. The van der Waals surface area contributed by atoms with Crippen molar-refractivity contribution in [2.75, 3.05) is 24.1 Å². The van der Waals surface area contributed by atoms with E-state index in [1.807, 2.05) is 48.5 Å². The number of hydrogen-bond acceptors (Lipinski definition) is 9. The van der Waals surface area contributed by atoms with Crippen molar-refractivity contribution in [2.45, 2.75) is 33.6 Å². The predicted octanol–water partition coefficient (Wildman–Crippen LogP) is 4.65. The Hall–Kier alpha value is -4.01. The summed E-state index contributed by atoms with van der Waals surface area (Å²) in [5, 5.41) is 16.6. The third-order valence-corrected chi connectivity index (χ3v) is 4.36. The van der Waals surface area contributed by atoms with Gasteiger partial charge in [0.2, 0.25) is 0 Å². The summed E-state index contributed by atoms with van der Waals surface area (Å²) >= 11 is 0. The Balaban J connectivity index is 1.65. The largest absolute Gasteiger partial charge is 0.493 e. The number of nitrogens with zero attached hydrogens (tertiary/aromatic N) is 5. The molecule has 2 aromatic carbocycles. The van der Waals surface area contributed by atoms with E-state index in [-0.39, 0.29) is 5.95 Å².